The van der Waals surface area contributed by atoms with Gasteiger partial charge in [0.25, 0.3) is 0 Å². The van der Waals surface area contributed by atoms with Gasteiger partial charge in [-0.1, -0.05) is 23.7 Å². The number of rotatable bonds is 7. The van der Waals surface area contributed by atoms with Crippen LogP contribution >= 0.6 is 23.4 Å². The van der Waals surface area contributed by atoms with Crippen LogP contribution in [-0.4, -0.2) is 31.6 Å². The fraction of sp³-hybridized carbons (Fsp3) is 0.500. The molecule has 0 saturated carbocycles. The van der Waals surface area contributed by atoms with Crippen molar-refractivity contribution in [1.82, 2.24) is 10.6 Å². The van der Waals surface area contributed by atoms with Crippen LogP contribution < -0.4 is 10.6 Å². The fourth-order valence-corrected chi connectivity index (χ4v) is 2.21. The number of halogens is 1. The highest BCUT2D eigenvalue weighted by Gasteiger charge is 1.98. The van der Waals surface area contributed by atoms with E-state index < -0.39 is 0 Å². The number of benzene rings is 1. The molecular formula is C14H22ClN3S. The molecule has 5 heteroatoms. The summed E-state index contributed by atoms with van der Waals surface area (Å²) in [7, 11) is 1.79. The Labute approximate surface area is 125 Å². The van der Waals surface area contributed by atoms with Crippen molar-refractivity contribution in [2.24, 2.45) is 4.99 Å². The second kappa shape index (κ2) is 9.98. The van der Waals surface area contributed by atoms with Gasteiger partial charge < -0.3 is 10.6 Å². The minimum absolute atomic E-state index is 0.752. The van der Waals surface area contributed by atoms with Gasteiger partial charge in [0.05, 0.1) is 0 Å². The molecule has 19 heavy (non-hydrogen) atoms. The van der Waals surface area contributed by atoms with Gasteiger partial charge in [0.1, 0.15) is 0 Å². The monoisotopic (exact) mass is 299 g/mol. The lowest BCUT2D eigenvalue weighted by molar-refractivity contribution is 0.733. The third-order valence-electron chi connectivity index (χ3n) is 2.66. The number of aliphatic imine (C=N–C) groups is 1. The molecule has 0 aliphatic heterocycles. The van der Waals surface area contributed by atoms with E-state index in [2.05, 4.69) is 21.9 Å². The third-order valence-corrected chi connectivity index (χ3v) is 3.61. The highest BCUT2D eigenvalue weighted by atomic mass is 35.5. The summed E-state index contributed by atoms with van der Waals surface area (Å²) in [6.45, 7) is 1.71. The third kappa shape index (κ3) is 7.33. The Morgan fingerprint density at radius 3 is 2.58 bits per heavy atom. The van der Waals surface area contributed by atoms with Gasteiger partial charge >= 0.3 is 0 Å². The average Bonchev–Trinajstić information content (AvgIpc) is 2.44. The van der Waals surface area contributed by atoms with Gasteiger partial charge in [-0.3, -0.25) is 4.99 Å². The van der Waals surface area contributed by atoms with Crippen LogP contribution in [-0.2, 0) is 6.54 Å². The van der Waals surface area contributed by atoms with Crippen LogP contribution in [0.1, 0.15) is 18.4 Å². The molecule has 0 aliphatic carbocycles. The van der Waals surface area contributed by atoms with Crippen molar-refractivity contribution in [2.45, 2.75) is 19.4 Å². The molecule has 0 unspecified atom stereocenters. The van der Waals surface area contributed by atoms with Crippen LogP contribution in [0.25, 0.3) is 0 Å². The number of nitrogens with zero attached hydrogens (tertiary/aromatic N) is 1. The highest BCUT2D eigenvalue weighted by molar-refractivity contribution is 7.98. The minimum Gasteiger partial charge on any atom is -0.356 e. The maximum atomic E-state index is 5.85. The van der Waals surface area contributed by atoms with Crippen LogP contribution in [0.5, 0.6) is 0 Å². The van der Waals surface area contributed by atoms with Crippen molar-refractivity contribution in [2.75, 3.05) is 25.6 Å². The summed E-state index contributed by atoms with van der Waals surface area (Å²) in [6, 6.07) is 7.83. The minimum atomic E-state index is 0.752. The van der Waals surface area contributed by atoms with E-state index in [1.807, 2.05) is 36.0 Å². The molecule has 1 rings (SSSR count). The molecule has 0 radical (unpaired) electrons. The van der Waals surface area contributed by atoms with Gasteiger partial charge in [0.15, 0.2) is 5.96 Å². The standard InChI is InChI=1S/C14H22ClN3S/c1-16-14(17-9-3-4-10-19-2)18-11-12-5-7-13(15)8-6-12/h5-8H,3-4,9-11H2,1-2H3,(H2,16,17,18). The number of nitrogens with one attached hydrogen (secondary N) is 2. The van der Waals surface area contributed by atoms with E-state index in [0.29, 0.717) is 0 Å². The SMILES string of the molecule is CN=C(NCCCCSC)NCc1ccc(Cl)cc1. The Morgan fingerprint density at radius 2 is 1.95 bits per heavy atom. The second-order valence-corrected chi connectivity index (χ2v) is 5.60. The van der Waals surface area contributed by atoms with Gasteiger partial charge in [-0.25, -0.2) is 0 Å². The molecule has 0 aromatic heterocycles. The van der Waals surface area contributed by atoms with E-state index in [-0.39, 0.29) is 0 Å². The molecule has 1 aromatic carbocycles. The number of thioether (sulfide) groups is 1. The second-order valence-electron chi connectivity index (χ2n) is 4.18. The van der Waals surface area contributed by atoms with E-state index in [1.165, 1.54) is 24.2 Å². The quantitative estimate of drug-likeness (QED) is 0.461. The maximum Gasteiger partial charge on any atom is 0.191 e. The van der Waals surface area contributed by atoms with Crippen molar-refractivity contribution in [1.29, 1.82) is 0 Å². The summed E-state index contributed by atoms with van der Waals surface area (Å²) in [5.41, 5.74) is 1.19. The van der Waals surface area contributed by atoms with Crippen LogP contribution in [0.3, 0.4) is 0 Å². The lowest BCUT2D eigenvalue weighted by atomic mass is 10.2. The zero-order valence-corrected chi connectivity index (χ0v) is 13.2. The molecule has 0 spiro atoms. The first-order valence-corrected chi connectivity index (χ1v) is 8.21. The maximum absolute atomic E-state index is 5.85. The zero-order chi connectivity index (χ0) is 13.9. The van der Waals surface area contributed by atoms with E-state index in [0.717, 1.165) is 24.1 Å². The van der Waals surface area contributed by atoms with Gasteiger partial charge in [-0.2, -0.15) is 11.8 Å². The molecule has 0 saturated heterocycles. The van der Waals surface area contributed by atoms with Crippen LogP contribution in [0.2, 0.25) is 5.02 Å². The number of hydrogen-bond acceptors (Lipinski definition) is 2. The lowest BCUT2D eigenvalue weighted by Gasteiger charge is -2.11. The fourth-order valence-electron chi connectivity index (χ4n) is 1.59. The normalized spacial score (nSPS) is 11.4. The van der Waals surface area contributed by atoms with E-state index in [1.54, 1.807) is 7.05 Å². The summed E-state index contributed by atoms with van der Waals surface area (Å²) in [5, 5.41) is 7.36. The van der Waals surface area contributed by atoms with Gasteiger partial charge in [-0.05, 0) is 42.5 Å². The van der Waals surface area contributed by atoms with Crippen molar-refractivity contribution in [3.8, 4) is 0 Å². The molecule has 0 amide bonds. The van der Waals surface area contributed by atoms with Crippen LogP contribution in [0.4, 0.5) is 0 Å². The van der Waals surface area contributed by atoms with Crippen molar-refractivity contribution < 1.29 is 0 Å². The summed E-state index contributed by atoms with van der Waals surface area (Å²) in [5.74, 6) is 2.07. The van der Waals surface area contributed by atoms with E-state index in [4.69, 9.17) is 11.6 Å². The smallest absolute Gasteiger partial charge is 0.191 e. The number of hydrogen-bond donors (Lipinski definition) is 2. The zero-order valence-electron chi connectivity index (χ0n) is 11.6. The number of unbranched alkanes of at least 4 members (excludes halogenated alkanes) is 1. The first kappa shape index (κ1) is 16.2. The van der Waals surface area contributed by atoms with Gasteiger partial charge in [0.2, 0.25) is 0 Å². The largest absolute Gasteiger partial charge is 0.356 e. The predicted octanol–water partition coefficient (Wildman–Crippen LogP) is 3.15. The van der Waals surface area contributed by atoms with Crippen molar-refractivity contribution >= 4 is 29.3 Å². The van der Waals surface area contributed by atoms with E-state index in [9.17, 15) is 0 Å². The molecule has 106 valence electrons. The summed E-state index contributed by atoms with van der Waals surface area (Å²) < 4.78 is 0. The first-order chi connectivity index (χ1) is 9.26. The molecule has 0 fully saturated rings. The van der Waals surface area contributed by atoms with Crippen LogP contribution in [0.15, 0.2) is 29.3 Å². The first-order valence-electron chi connectivity index (χ1n) is 6.44. The Hall–Kier alpha value is -0.870. The molecule has 0 atom stereocenters. The van der Waals surface area contributed by atoms with Gasteiger partial charge in [0, 0.05) is 25.2 Å². The summed E-state index contributed by atoms with van der Waals surface area (Å²) in [4.78, 5) is 4.20. The molecule has 0 bridgehead atoms. The molecule has 1 aromatic rings. The summed E-state index contributed by atoms with van der Waals surface area (Å²) in [6.07, 6.45) is 4.55. The Morgan fingerprint density at radius 1 is 1.21 bits per heavy atom. The number of guanidine groups is 1. The van der Waals surface area contributed by atoms with Gasteiger partial charge in [-0.15, -0.1) is 0 Å². The Balaban J connectivity index is 2.23. The average molecular weight is 300 g/mol. The lowest BCUT2D eigenvalue weighted by Crippen LogP contribution is -2.37. The summed E-state index contributed by atoms with van der Waals surface area (Å²) >= 11 is 7.74. The topological polar surface area (TPSA) is 36.4 Å². The molecule has 3 nitrogen and oxygen atoms in total. The molecular weight excluding hydrogens is 278 g/mol. The van der Waals surface area contributed by atoms with E-state index >= 15 is 0 Å². The Kier molecular flexibility index (Phi) is 8.50. The molecule has 0 heterocycles. The highest BCUT2D eigenvalue weighted by Crippen LogP contribution is 2.08. The molecule has 2 N–H and O–H groups in total. The predicted molar refractivity (Wildman–Crippen MR) is 87.3 cm³/mol. The molecule has 0 aliphatic rings. The van der Waals surface area contributed by atoms with Crippen molar-refractivity contribution in [3.05, 3.63) is 34.9 Å². The Bertz CT molecular complexity index is 379. The van der Waals surface area contributed by atoms with Crippen molar-refractivity contribution in [3.63, 3.8) is 0 Å². The van der Waals surface area contributed by atoms with Crippen LogP contribution in [0, 0.1) is 0 Å².